The summed E-state index contributed by atoms with van der Waals surface area (Å²) in [5.41, 5.74) is 3.99. The first-order chi connectivity index (χ1) is 19.4. The summed E-state index contributed by atoms with van der Waals surface area (Å²) >= 11 is 0. The lowest BCUT2D eigenvalue weighted by atomic mass is 10.2. The second-order valence-electron chi connectivity index (χ2n) is 9.61. The largest absolute Gasteiger partial charge is 0.464 e. The lowest BCUT2D eigenvalue weighted by Crippen LogP contribution is -2.21. The first-order valence-electron chi connectivity index (χ1n) is 13.1. The number of esters is 1. The van der Waals surface area contributed by atoms with E-state index in [0.29, 0.717) is 47.7 Å². The van der Waals surface area contributed by atoms with Crippen LogP contribution in [0.1, 0.15) is 46.2 Å². The van der Waals surface area contributed by atoms with Gasteiger partial charge in [0.2, 0.25) is 5.91 Å². The molecule has 1 saturated heterocycles. The number of nitrogens with zero attached hydrogens (tertiary/aromatic N) is 2. The van der Waals surface area contributed by atoms with E-state index in [4.69, 9.17) is 14.5 Å². The monoisotopic (exact) mass is 541 g/mol. The van der Waals surface area contributed by atoms with Crippen molar-refractivity contribution in [3.63, 3.8) is 0 Å². The van der Waals surface area contributed by atoms with Gasteiger partial charge in [-0.05, 0) is 48.7 Å². The highest BCUT2D eigenvalue weighted by molar-refractivity contribution is 6.14. The molecule has 206 valence electrons. The maximum Gasteiger partial charge on any atom is 0.356 e. The second kappa shape index (κ2) is 12.0. The minimum Gasteiger partial charge on any atom is -0.464 e. The molecule has 3 heterocycles. The molecule has 1 aliphatic rings. The molecule has 2 aromatic carbocycles. The Morgan fingerprint density at radius 3 is 2.50 bits per heavy atom. The number of nitrogens with one attached hydrogen (secondary N) is 3. The minimum atomic E-state index is -0.576. The van der Waals surface area contributed by atoms with Crippen molar-refractivity contribution in [3.8, 4) is 0 Å². The fourth-order valence-corrected chi connectivity index (χ4v) is 4.82. The number of methoxy groups -OCH3 is 1. The van der Waals surface area contributed by atoms with E-state index in [-0.39, 0.29) is 23.6 Å². The molecule has 10 nitrogen and oxygen atoms in total. The van der Waals surface area contributed by atoms with Gasteiger partial charge in [0.25, 0.3) is 5.91 Å². The summed E-state index contributed by atoms with van der Waals surface area (Å²) in [7, 11) is 1.32. The molecule has 1 aliphatic heterocycles. The molecule has 2 aromatic heterocycles. The maximum absolute atomic E-state index is 13.2. The van der Waals surface area contributed by atoms with E-state index in [1.807, 2.05) is 36.4 Å². The van der Waals surface area contributed by atoms with Gasteiger partial charge in [-0.25, -0.2) is 9.78 Å². The Morgan fingerprint density at radius 1 is 1.05 bits per heavy atom. The van der Waals surface area contributed by atoms with E-state index < -0.39 is 5.97 Å². The number of anilines is 3. The van der Waals surface area contributed by atoms with Crippen molar-refractivity contribution >= 4 is 45.9 Å². The van der Waals surface area contributed by atoms with E-state index >= 15 is 0 Å². The molecule has 0 aliphatic carbocycles. The summed E-state index contributed by atoms with van der Waals surface area (Å²) in [5, 5.41) is 9.67. The summed E-state index contributed by atoms with van der Waals surface area (Å²) in [6.07, 6.45) is 3.44. The average Bonchev–Trinajstić information content (AvgIpc) is 3.59. The van der Waals surface area contributed by atoms with Crippen molar-refractivity contribution in [2.24, 2.45) is 0 Å². The van der Waals surface area contributed by atoms with E-state index in [1.54, 1.807) is 35.0 Å². The molecule has 1 fully saturated rings. The van der Waals surface area contributed by atoms with Gasteiger partial charge in [-0.15, -0.1) is 0 Å². The van der Waals surface area contributed by atoms with Crippen LogP contribution in [0.2, 0.25) is 0 Å². The van der Waals surface area contributed by atoms with E-state index in [2.05, 4.69) is 16.0 Å². The Labute approximate surface area is 231 Å². The predicted molar refractivity (Wildman–Crippen MR) is 153 cm³/mol. The van der Waals surface area contributed by atoms with Crippen LogP contribution in [0.15, 0.2) is 66.9 Å². The Hall–Kier alpha value is -4.70. The van der Waals surface area contributed by atoms with Gasteiger partial charge in [-0.3, -0.25) is 9.59 Å². The number of pyridine rings is 1. The highest BCUT2D eigenvalue weighted by atomic mass is 16.5. The van der Waals surface area contributed by atoms with Gasteiger partial charge in [-0.2, -0.15) is 0 Å². The molecule has 0 radical (unpaired) electrons. The normalized spacial score (nSPS) is 14.6. The highest BCUT2D eigenvalue weighted by Crippen LogP contribution is 2.34. The number of carbonyl (C=O) groups is 3. The van der Waals surface area contributed by atoms with E-state index in [9.17, 15) is 14.4 Å². The standard InChI is InChI=1S/C30H31N5O5/c1-19(36)33-22-12-10-20(11-13-22)16-31-23-15-25-26(34-29(37)21-7-4-3-5-8-21)27(30(38)39-2)35(28(25)32-17-23)18-24-9-6-14-40-24/h3-5,7-8,10-13,15,17,24,31H,6,9,14,16,18H2,1-2H3,(H,33,36)(H,34,37)/t24-/m1/s1. The summed E-state index contributed by atoms with van der Waals surface area (Å²) in [6.45, 7) is 3.04. The van der Waals surface area contributed by atoms with E-state index in [0.717, 1.165) is 24.1 Å². The fraction of sp³-hybridized carbons (Fsp3) is 0.267. The van der Waals surface area contributed by atoms with Gasteiger partial charge in [0.1, 0.15) is 5.65 Å². The van der Waals surface area contributed by atoms with Crippen molar-refractivity contribution in [1.29, 1.82) is 0 Å². The van der Waals surface area contributed by atoms with Crippen molar-refractivity contribution in [2.75, 3.05) is 29.7 Å². The smallest absolute Gasteiger partial charge is 0.356 e. The van der Waals surface area contributed by atoms with Crippen molar-refractivity contribution in [3.05, 3.63) is 83.7 Å². The third kappa shape index (κ3) is 5.97. The number of fused-ring (bicyclic) bond motifs is 1. The van der Waals surface area contributed by atoms with Gasteiger partial charge in [0, 0.05) is 36.7 Å². The van der Waals surface area contributed by atoms with Crippen LogP contribution in [0, 0.1) is 0 Å². The summed E-state index contributed by atoms with van der Waals surface area (Å²) < 4.78 is 12.8. The molecule has 1 atom stereocenters. The maximum atomic E-state index is 13.2. The van der Waals surface area contributed by atoms with Crippen LogP contribution < -0.4 is 16.0 Å². The van der Waals surface area contributed by atoms with Gasteiger partial charge >= 0.3 is 5.97 Å². The average molecular weight is 542 g/mol. The molecule has 0 bridgehead atoms. The Bertz CT molecular complexity index is 1530. The van der Waals surface area contributed by atoms with Crippen LogP contribution in [0.4, 0.5) is 17.1 Å². The Kier molecular flexibility index (Phi) is 8.07. The third-order valence-electron chi connectivity index (χ3n) is 6.73. The van der Waals surface area contributed by atoms with Crippen LogP contribution >= 0.6 is 0 Å². The Balaban J connectivity index is 1.50. The number of carbonyl (C=O) groups excluding carboxylic acids is 3. The molecule has 0 saturated carbocycles. The number of amides is 2. The minimum absolute atomic E-state index is 0.0725. The summed E-state index contributed by atoms with van der Waals surface area (Å²) in [6, 6.07) is 18.2. The number of hydrogen-bond donors (Lipinski definition) is 3. The van der Waals surface area contributed by atoms with Gasteiger partial charge in [0.15, 0.2) is 5.69 Å². The first-order valence-corrected chi connectivity index (χ1v) is 13.1. The molecule has 4 aromatic rings. The van der Waals surface area contributed by atoms with Crippen LogP contribution in [0.5, 0.6) is 0 Å². The summed E-state index contributed by atoms with van der Waals surface area (Å²) in [5.74, 6) is -1.05. The number of hydrogen-bond acceptors (Lipinski definition) is 7. The van der Waals surface area contributed by atoms with Crippen molar-refractivity contribution in [1.82, 2.24) is 9.55 Å². The lowest BCUT2D eigenvalue weighted by molar-refractivity contribution is -0.114. The van der Waals surface area contributed by atoms with Gasteiger partial charge < -0.3 is 30.0 Å². The summed E-state index contributed by atoms with van der Waals surface area (Å²) in [4.78, 5) is 42.3. The number of aromatic nitrogens is 2. The van der Waals surface area contributed by atoms with Crippen LogP contribution in [-0.4, -0.2) is 47.2 Å². The lowest BCUT2D eigenvalue weighted by Gasteiger charge is -2.14. The molecule has 2 amide bonds. The topological polar surface area (TPSA) is 124 Å². The number of ether oxygens (including phenoxy) is 2. The molecule has 3 N–H and O–H groups in total. The molecule has 5 rings (SSSR count). The van der Waals surface area contributed by atoms with Gasteiger partial charge in [0.05, 0.1) is 37.3 Å². The SMILES string of the molecule is COC(=O)c1c(NC(=O)c2ccccc2)c2cc(NCc3ccc(NC(C)=O)cc3)cnc2n1C[C@H]1CCCO1. The van der Waals surface area contributed by atoms with Crippen LogP contribution in [-0.2, 0) is 27.4 Å². The molecular formula is C30H31N5O5. The van der Waals surface area contributed by atoms with E-state index in [1.165, 1.54) is 14.0 Å². The molecule has 0 unspecified atom stereocenters. The van der Waals surface area contributed by atoms with Crippen LogP contribution in [0.3, 0.4) is 0 Å². The first kappa shape index (κ1) is 26.9. The molecule has 0 spiro atoms. The predicted octanol–water partition coefficient (Wildman–Crippen LogP) is 4.82. The van der Waals surface area contributed by atoms with Crippen molar-refractivity contribution < 1.29 is 23.9 Å². The fourth-order valence-electron chi connectivity index (χ4n) is 4.82. The molecule has 40 heavy (non-hydrogen) atoms. The quantitative estimate of drug-likeness (QED) is 0.260. The number of rotatable bonds is 9. The second-order valence-corrected chi connectivity index (χ2v) is 9.61. The highest BCUT2D eigenvalue weighted by Gasteiger charge is 2.29. The number of benzene rings is 2. The zero-order valence-corrected chi connectivity index (χ0v) is 22.4. The third-order valence-corrected chi connectivity index (χ3v) is 6.73. The molecular weight excluding hydrogens is 510 g/mol. The Morgan fingerprint density at radius 2 is 1.82 bits per heavy atom. The molecule has 10 heteroatoms. The van der Waals surface area contributed by atoms with Crippen molar-refractivity contribution in [2.45, 2.75) is 39.0 Å². The van der Waals surface area contributed by atoms with Crippen LogP contribution in [0.25, 0.3) is 11.0 Å². The zero-order chi connectivity index (χ0) is 28.1. The van der Waals surface area contributed by atoms with Gasteiger partial charge in [-0.1, -0.05) is 30.3 Å². The zero-order valence-electron chi connectivity index (χ0n) is 22.4.